The summed E-state index contributed by atoms with van der Waals surface area (Å²) in [5.74, 6) is -0.721. The first-order valence-electron chi connectivity index (χ1n) is 7.05. The Balaban J connectivity index is 2.70. The second kappa shape index (κ2) is 6.53. The fourth-order valence-corrected chi connectivity index (χ4v) is 2.83. The van der Waals surface area contributed by atoms with E-state index in [1.54, 1.807) is 0 Å². The smallest absolute Gasteiger partial charge is 0.317 e. The fourth-order valence-electron chi connectivity index (χ4n) is 2.83. The highest BCUT2D eigenvalue weighted by Crippen LogP contribution is 2.24. The van der Waals surface area contributed by atoms with Crippen LogP contribution in [0.5, 0.6) is 0 Å². The Morgan fingerprint density at radius 3 is 2.50 bits per heavy atom. The van der Waals surface area contributed by atoms with Crippen LogP contribution in [-0.4, -0.2) is 58.6 Å². The second-order valence-electron chi connectivity index (χ2n) is 6.21. The maximum Gasteiger partial charge on any atom is 0.317 e. The average molecular weight is 256 g/mol. The number of likely N-dealkylation sites (tertiary alicyclic amines) is 1. The van der Waals surface area contributed by atoms with E-state index in [1.165, 1.54) is 6.42 Å². The molecule has 4 nitrogen and oxygen atoms in total. The molecule has 1 rings (SSSR count). The molecule has 0 radical (unpaired) electrons. The molecule has 0 bridgehead atoms. The van der Waals surface area contributed by atoms with E-state index in [0.717, 1.165) is 32.5 Å². The third-order valence-corrected chi connectivity index (χ3v) is 3.85. The highest BCUT2D eigenvalue weighted by molar-refractivity contribution is 5.69. The Bertz CT molecular complexity index is 273. The summed E-state index contributed by atoms with van der Waals surface area (Å²) in [6.07, 6.45) is 3.37. The first-order valence-corrected chi connectivity index (χ1v) is 7.05. The highest BCUT2D eigenvalue weighted by Gasteiger charge is 2.31. The zero-order valence-corrected chi connectivity index (χ0v) is 12.3. The first-order chi connectivity index (χ1) is 8.34. The Hall–Kier alpha value is -0.610. The lowest BCUT2D eigenvalue weighted by Gasteiger charge is -2.40. The minimum atomic E-state index is -0.721. The van der Waals surface area contributed by atoms with Gasteiger partial charge in [0.15, 0.2) is 0 Å². The molecule has 1 aliphatic heterocycles. The quantitative estimate of drug-likeness (QED) is 0.836. The monoisotopic (exact) mass is 256 g/mol. The topological polar surface area (TPSA) is 43.8 Å². The Morgan fingerprint density at radius 1 is 1.33 bits per heavy atom. The van der Waals surface area contributed by atoms with E-state index in [-0.39, 0.29) is 12.1 Å². The summed E-state index contributed by atoms with van der Waals surface area (Å²) in [5.41, 5.74) is -0.0789. The van der Waals surface area contributed by atoms with E-state index in [2.05, 4.69) is 37.5 Å². The fraction of sp³-hybridized carbons (Fsp3) is 0.929. The number of carboxylic acids is 1. The van der Waals surface area contributed by atoms with Crippen LogP contribution < -0.4 is 0 Å². The number of carbonyl (C=O) groups is 1. The molecule has 1 saturated heterocycles. The Morgan fingerprint density at radius 2 is 2.00 bits per heavy atom. The lowest BCUT2D eigenvalue weighted by atomic mass is 9.98. The van der Waals surface area contributed by atoms with E-state index in [9.17, 15) is 4.79 Å². The Kier molecular flexibility index (Phi) is 5.60. The molecular weight excluding hydrogens is 228 g/mol. The molecule has 0 aromatic carbocycles. The van der Waals surface area contributed by atoms with Crippen molar-refractivity contribution in [3.63, 3.8) is 0 Å². The Labute approximate surface area is 111 Å². The van der Waals surface area contributed by atoms with Gasteiger partial charge in [-0.1, -0.05) is 6.92 Å². The van der Waals surface area contributed by atoms with Crippen LogP contribution in [0.25, 0.3) is 0 Å². The third kappa shape index (κ3) is 4.58. The largest absolute Gasteiger partial charge is 0.480 e. The van der Waals surface area contributed by atoms with E-state index < -0.39 is 5.97 Å². The second-order valence-corrected chi connectivity index (χ2v) is 6.21. The molecule has 0 spiro atoms. The van der Waals surface area contributed by atoms with Crippen molar-refractivity contribution in [1.82, 2.24) is 9.80 Å². The standard InChI is InChI=1S/C14H28N2O2/c1-5-15-9-6-7-12(8-10-15)16(11-13(17)18)14(2,3)4/h12H,5-11H2,1-4H3,(H,17,18). The lowest BCUT2D eigenvalue weighted by Crippen LogP contribution is -2.50. The summed E-state index contributed by atoms with van der Waals surface area (Å²) in [5, 5.41) is 9.09. The molecule has 0 aliphatic carbocycles. The van der Waals surface area contributed by atoms with Crippen LogP contribution in [0.15, 0.2) is 0 Å². The maximum absolute atomic E-state index is 11.1. The van der Waals surface area contributed by atoms with Crippen molar-refractivity contribution in [2.75, 3.05) is 26.2 Å². The molecule has 1 N–H and O–H groups in total. The molecule has 0 saturated carbocycles. The summed E-state index contributed by atoms with van der Waals surface area (Å²) >= 11 is 0. The molecule has 0 amide bonds. The average Bonchev–Trinajstić information content (AvgIpc) is 2.49. The van der Waals surface area contributed by atoms with Crippen molar-refractivity contribution in [2.45, 2.75) is 58.5 Å². The van der Waals surface area contributed by atoms with E-state index >= 15 is 0 Å². The van der Waals surface area contributed by atoms with E-state index in [0.29, 0.717) is 6.04 Å². The number of aliphatic carboxylic acids is 1. The number of rotatable bonds is 4. The van der Waals surface area contributed by atoms with Gasteiger partial charge in [-0.05, 0) is 59.7 Å². The molecule has 4 heteroatoms. The van der Waals surface area contributed by atoms with Gasteiger partial charge in [-0.2, -0.15) is 0 Å². The van der Waals surface area contributed by atoms with Crippen molar-refractivity contribution in [2.24, 2.45) is 0 Å². The first kappa shape index (κ1) is 15.4. The van der Waals surface area contributed by atoms with Crippen LogP contribution >= 0.6 is 0 Å². The van der Waals surface area contributed by atoms with Crippen LogP contribution in [0.4, 0.5) is 0 Å². The molecule has 18 heavy (non-hydrogen) atoms. The van der Waals surface area contributed by atoms with Gasteiger partial charge >= 0.3 is 5.97 Å². The molecule has 1 fully saturated rings. The van der Waals surface area contributed by atoms with Crippen molar-refractivity contribution in [3.8, 4) is 0 Å². The molecule has 1 aliphatic rings. The van der Waals surface area contributed by atoms with E-state index in [4.69, 9.17) is 5.11 Å². The SMILES string of the molecule is CCN1CCCC(N(CC(=O)O)C(C)(C)C)CC1. The van der Waals surface area contributed by atoms with Crippen LogP contribution in [0.2, 0.25) is 0 Å². The molecule has 0 aromatic heterocycles. The molecular formula is C14H28N2O2. The van der Waals surface area contributed by atoms with Crippen molar-refractivity contribution >= 4 is 5.97 Å². The maximum atomic E-state index is 11.1. The lowest BCUT2D eigenvalue weighted by molar-refractivity contribution is -0.140. The van der Waals surface area contributed by atoms with Crippen molar-refractivity contribution in [3.05, 3.63) is 0 Å². The van der Waals surface area contributed by atoms with Gasteiger partial charge in [-0.3, -0.25) is 9.69 Å². The van der Waals surface area contributed by atoms with Crippen molar-refractivity contribution < 1.29 is 9.90 Å². The predicted octanol–water partition coefficient (Wildman–Crippen LogP) is 2.05. The number of carboxylic acid groups (broad SMARTS) is 1. The number of hydrogen-bond acceptors (Lipinski definition) is 3. The zero-order chi connectivity index (χ0) is 13.8. The van der Waals surface area contributed by atoms with Crippen molar-refractivity contribution in [1.29, 1.82) is 0 Å². The molecule has 1 heterocycles. The van der Waals surface area contributed by atoms with Gasteiger partial charge in [0.1, 0.15) is 0 Å². The normalized spacial score (nSPS) is 23.1. The summed E-state index contributed by atoms with van der Waals surface area (Å²) in [7, 11) is 0. The molecule has 106 valence electrons. The van der Waals surface area contributed by atoms with Crippen LogP contribution in [-0.2, 0) is 4.79 Å². The van der Waals surface area contributed by atoms with Gasteiger partial charge in [-0.25, -0.2) is 0 Å². The van der Waals surface area contributed by atoms with Gasteiger partial charge in [0, 0.05) is 11.6 Å². The molecule has 1 unspecified atom stereocenters. The minimum absolute atomic E-state index is 0.0789. The molecule has 1 atom stereocenters. The molecule has 0 aromatic rings. The van der Waals surface area contributed by atoms with Gasteiger partial charge in [0.2, 0.25) is 0 Å². The predicted molar refractivity (Wildman–Crippen MR) is 73.8 cm³/mol. The zero-order valence-electron chi connectivity index (χ0n) is 12.3. The van der Waals surface area contributed by atoms with E-state index in [1.807, 2.05) is 0 Å². The summed E-state index contributed by atoms with van der Waals surface area (Å²) in [4.78, 5) is 15.7. The summed E-state index contributed by atoms with van der Waals surface area (Å²) in [6, 6.07) is 0.401. The highest BCUT2D eigenvalue weighted by atomic mass is 16.4. The minimum Gasteiger partial charge on any atom is -0.480 e. The van der Waals surface area contributed by atoms with Gasteiger partial charge < -0.3 is 10.0 Å². The number of nitrogens with zero attached hydrogens (tertiary/aromatic N) is 2. The van der Waals surface area contributed by atoms with Crippen LogP contribution in [0.1, 0.15) is 47.0 Å². The van der Waals surface area contributed by atoms with Gasteiger partial charge in [0.25, 0.3) is 0 Å². The summed E-state index contributed by atoms with van der Waals surface area (Å²) in [6.45, 7) is 12.0. The van der Waals surface area contributed by atoms with Gasteiger partial charge in [-0.15, -0.1) is 0 Å². The number of hydrogen-bond donors (Lipinski definition) is 1. The van der Waals surface area contributed by atoms with Crippen LogP contribution in [0.3, 0.4) is 0 Å². The van der Waals surface area contributed by atoms with Crippen LogP contribution in [0, 0.1) is 0 Å². The third-order valence-electron chi connectivity index (χ3n) is 3.85. The van der Waals surface area contributed by atoms with Gasteiger partial charge in [0.05, 0.1) is 6.54 Å². The summed E-state index contributed by atoms with van der Waals surface area (Å²) < 4.78 is 0.